The number of hydrogen-bond acceptors (Lipinski definition) is 2. The zero-order valence-electron chi connectivity index (χ0n) is 9.62. The van der Waals surface area contributed by atoms with Crippen molar-refractivity contribution >= 4 is 17.5 Å². The van der Waals surface area contributed by atoms with E-state index in [0.29, 0.717) is 18.0 Å². The Morgan fingerprint density at radius 3 is 2.33 bits per heavy atom. The van der Waals surface area contributed by atoms with E-state index in [9.17, 15) is 4.79 Å². The van der Waals surface area contributed by atoms with E-state index in [2.05, 4.69) is 20.8 Å². The number of carbonyl (C=O) groups excluding carboxylic acids is 1. The number of thioether (sulfide) groups is 1. The summed E-state index contributed by atoms with van der Waals surface area (Å²) in [5.41, 5.74) is 0.105. The lowest BCUT2D eigenvalue weighted by molar-refractivity contribution is -0.118. The van der Waals surface area contributed by atoms with Crippen LogP contribution in [0.5, 0.6) is 0 Å². The minimum absolute atomic E-state index is 0.105. The number of carbonyl (C=O) groups is 1. The van der Waals surface area contributed by atoms with Gasteiger partial charge in [0.25, 0.3) is 0 Å². The fourth-order valence-electron chi connectivity index (χ4n) is 1.32. The van der Waals surface area contributed by atoms with Gasteiger partial charge < -0.3 is 0 Å². The van der Waals surface area contributed by atoms with Gasteiger partial charge in [0.2, 0.25) is 0 Å². The van der Waals surface area contributed by atoms with Crippen LogP contribution < -0.4 is 0 Å². The largest absolute Gasteiger partial charge is 0.299 e. The molecule has 0 amide bonds. The lowest BCUT2D eigenvalue weighted by Gasteiger charge is -2.16. The molecular weight excluding hydrogens is 204 g/mol. The Morgan fingerprint density at radius 1 is 1.20 bits per heavy atom. The van der Waals surface area contributed by atoms with E-state index in [0.717, 1.165) is 0 Å². The molecule has 0 bridgehead atoms. The van der Waals surface area contributed by atoms with Crippen LogP contribution in [0.15, 0.2) is 35.2 Å². The molecule has 0 saturated heterocycles. The first-order valence-corrected chi connectivity index (χ1v) is 6.15. The predicted octanol–water partition coefficient (Wildman–Crippen LogP) is 3.78. The molecule has 2 heteroatoms. The van der Waals surface area contributed by atoms with Crippen molar-refractivity contribution in [1.82, 2.24) is 0 Å². The summed E-state index contributed by atoms with van der Waals surface area (Å²) in [6, 6.07) is 10.1. The van der Waals surface area contributed by atoms with Crippen LogP contribution in [-0.2, 0) is 4.79 Å². The second-order valence-corrected chi connectivity index (χ2v) is 5.93. The predicted molar refractivity (Wildman–Crippen MR) is 66.2 cm³/mol. The van der Waals surface area contributed by atoms with Gasteiger partial charge in [0.05, 0.1) is 5.75 Å². The molecule has 82 valence electrons. The molecule has 0 radical (unpaired) electrons. The summed E-state index contributed by atoms with van der Waals surface area (Å²) in [5.74, 6) is 0.915. The fraction of sp³-hybridized carbons (Fsp3) is 0.462. The smallest absolute Gasteiger partial charge is 0.143 e. The Morgan fingerprint density at radius 2 is 1.80 bits per heavy atom. The van der Waals surface area contributed by atoms with Crippen LogP contribution in [0.4, 0.5) is 0 Å². The van der Waals surface area contributed by atoms with Gasteiger partial charge in [0, 0.05) is 11.3 Å². The van der Waals surface area contributed by atoms with Crippen LogP contribution in [0.1, 0.15) is 27.2 Å². The van der Waals surface area contributed by atoms with Gasteiger partial charge in [-0.1, -0.05) is 39.0 Å². The van der Waals surface area contributed by atoms with Crippen molar-refractivity contribution in [2.45, 2.75) is 32.1 Å². The van der Waals surface area contributed by atoms with Crippen molar-refractivity contribution in [2.24, 2.45) is 5.41 Å². The van der Waals surface area contributed by atoms with Crippen LogP contribution >= 0.6 is 11.8 Å². The molecule has 1 rings (SSSR count). The summed E-state index contributed by atoms with van der Waals surface area (Å²) < 4.78 is 0. The van der Waals surface area contributed by atoms with Crippen molar-refractivity contribution < 1.29 is 4.79 Å². The number of ketones is 1. The minimum atomic E-state index is 0.105. The first kappa shape index (κ1) is 12.3. The molecule has 1 aromatic rings. The molecule has 0 fully saturated rings. The summed E-state index contributed by atoms with van der Waals surface area (Å²) in [6.07, 6.45) is 0.660. The zero-order chi connectivity index (χ0) is 11.3. The molecule has 0 aliphatic carbocycles. The molecule has 15 heavy (non-hydrogen) atoms. The number of rotatable bonds is 4. The van der Waals surface area contributed by atoms with Gasteiger partial charge in [-0.3, -0.25) is 4.79 Å². The maximum atomic E-state index is 11.6. The summed E-state index contributed by atoms with van der Waals surface area (Å²) in [5, 5.41) is 0. The third-order valence-electron chi connectivity index (χ3n) is 1.87. The van der Waals surface area contributed by atoms with E-state index in [4.69, 9.17) is 0 Å². The van der Waals surface area contributed by atoms with Crippen molar-refractivity contribution in [2.75, 3.05) is 5.75 Å². The molecule has 0 unspecified atom stereocenters. The third kappa shape index (κ3) is 5.63. The highest BCUT2D eigenvalue weighted by Crippen LogP contribution is 2.22. The lowest BCUT2D eigenvalue weighted by Crippen LogP contribution is -2.14. The average molecular weight is 222 g/mol. The Bertz CT molecular complexity index is 311. The quantitative estimate of drug-likeness (QED) is 0.721. The molecule has 0 heterocycles. The highest BCUT2D eigenvalue weighted by Gasteiger charge is 2.15. The first-order chi connectivity index (χ1) is 6.97. The highest BCUT2D eigenvalue weighted by atomic mass is 32.2. The Kier molecular flexibility index (Phi) is 4.40. The maximum Gasteiger partial charge on any atom is 0.143 e. The van der Waals surface area contributed by atoms with Gasteiger partial charge in [-0.25, -0.2) is 0 Å². The van der Waals surface area contributed by atoms with E-state index in [1.807, 2.05) is 30.3 Å². The van der Waals surface area contributed by atoms with E-state index >= 15 is 0 Å². The number of hydrogen-bond donors (Lipinski definition) is 0. The van der Waals surface area contributed by atoms with Crippen molar-refractivity contribution in [3.63, 3.8) is 0 Å². The van der Waals surface area contributed by atoms with Gasteiger partial charge >= 0.3 is 0 Å². The van der Waals surface area contributed by atoms with Crippen LogP contribution in [-0.4, -0.2) is 11.5 Å². The van der Waals surface area contributed by atoms with E-state index in [1.165, 1.54) is 4.90 Å². The molecule has 0 saturated carbocycles. The first-order valence-electron chi connectivity index (χ1n) is 5.17. The Hall–Kier alpha value is -0.760. The van der Waals surface area contributed by atoms with Gasteiger partial charge in [0.15, 0.2) is 0 Å². The molecular formula is C13H18OS. The highest BCUT2D eigenvalue weighted by molar-refractivity contribution is 8.00. The summed E-state index contributed by atoms with van der Waals surface area (Å²) >= 11 is 1.62. The molecule has 0 aliphatic heterocycles. The van der Waals surface area contributed by atoms with Gasteiger partial charge in [-0.2, -0.15) is 0 Å². The average Bonchev–Trinajstić information content (AvgIpc) is 2.14. The van der Waals surface area contributed by atoms with Gasteiger partial charge in [0.1, 0.15) is 5.78 Å². The second-order valence-electron chi connectivity index (χ2n) is 4.88. The van der Waals surface area contributed by atoms with Gasteiger partial charge in [-0.05, 0) is 17.5 Å². The molecule has 0 spiro atoms. The van der Waals surface area contributed by atoms with Gasteiger partial charge in [-0.15, -0.1) is 11.8 Å². The van der Waals surface area contributed by atoms with Crippen LogP contribution in [0.2, 0.25) is 0 Å². The standard InChI is InChI=1S/C13H18OS/c1-13(2,3)9-11(14)10-15-12-7-5-4-6-8-12/h4-8H,9-10H2,1-3H3. The summed E-state index contributed by atoms with van der Waals surface area (Å²) in [6.45, 7) is 6.29. The second kappa shape index (κ2) is 5.36. The fourth-order valence-corrected chi connectivity index (χ4v) is 2.10. The molecule has 0 N–H and O–H groups in total. The van der Waals surface area contributed by atoms with E-state index in [1.54, 1.807) is 11.8 Å². The minimum Gasteiger partial charge on any atom is -0.299 e. The SMILES string of the molecule is CC(C)(C)CC(=O)CSc1ccccc1. The molecule has 0 aliphatic rings. The van der Waals surface area contributed by atoms with Crippen LogP contribution in [0, 0.1) is 5.41 Å². The van der Waals surface area contributed by atoms with Crippen molar-refractivity contribution in [3.05, 3.63) is 30.3 Å². The summed E-state index contributed by atoms with van der Waals surface area (Å²) in [7, 11) is 0. The molecule has 1 aromatic carbocycles. The normalized spacial score (nSPS) is 11.4. The molecule has 0 atom stereocenters. The Labute approximate surface area is 96.3 Å². The topological polar surface area (TPSA) is 17.1 Å². The number of Topliss-reactive ketones (excluding diaryl/α,β-unsaturated/α-hetero) is 1. The zero-order valence-corrected chi connectivity index (χ0v) is 10.4. The third-order valence-corrected chi connectivity index (χ3v) is 2.94. The van der Waals surface area contributed by atoms with E-state index < -0.39 is 0 Å². The Balaban J connectivity index is 2.35. The van der Waals surface area contributed by atoms with Crippen LogP contribution in [0.3, 0.4) is 0 Å². The van der Waals surface area contributed by atoms with Crippen LogP contribution in [0.25, 0.3) is 0 Å². The van der Waals surface area contributed by atoms with Crippen molar-refractivity contribution in [3.8, 4) is 0 Å². The lowest BCUT2D eigenvalue weighted by atomic mass is 9.90. The maximum absolute atomic E-state index is 11.6. The number of benzene rings is 1. The monoisotopic (exact) mass is 222 g/mol. The summed E-state index contributed by atoms with van der Waals surface area (Å²) in [4.78, 5) is 12.8. The van der Waals surface area contributed by atoms with E-state index in [-0.39, 0.29) is 5.41 Å². The molecule has 0 aromatic heterocycles. The molecule has 1 nitrogen and oxygen atoms in total. The van der Waals surface area contributed by atoms with Crippen molar-refractivity contribution in [1.29, 1.82) is 0 Å².